The van der Waals surface area contributed by atoms with Gasteiger partial charge in [0.05, 0.1) is 19.4 Å². The summed E-state index contributed by atoms with van der Waals surface area (Å²) in [6, 6.07) is 8.34. The summed E-state index contributed by atoms with van der Waals surface area (Å²) in [7, 11) is 0. The lowest BCUT2D eigenvalue weighted by atomic mass is 10.2. The highest BCUT2D eigenvalue weighted by molar-refractivity contribution is 7.71. The van der Waals surface area contributed by atoms with E-state index in [-0.39, 0.29) is 0 Å². The van der Waals surface area contributed by atoms with Crippen LogP contribution in [0.2, 0.25) is 0 Å². The van der Waals surface area contributed by atoms with Crippen molar-refractivity contribution >= 4 is 24.1 Å². The van der Waals surface area contributed by atoms with E-state index >= 15 is 0 Å². The molecule has 3 rings (SSSR count). The fraction of sp³-hybridized carbons (Fsp3) is 0.400. The van der Waals surface area contributed by atoms with Crippen LogP contribution in [0, 0.1) is 4.77 Å². The van der Waals surface area contributed by atoms with E-state index in [9.17, 15) is 0 Å². The van der Waals surface area contributed by atoms with Crippen LogP contribution in [0.3, 0.4) is 0 Å². The Morgan fingerprint density at radius 2 is 2.05 bits per heavy atom. The third-order valence-corrected chi connectivity index (χ3v) is 3.89. The topological polar surface area (TPSA) is 58.4 Å². The van der Waals surface area contributed by atoms with E-state index in [0.717, 1.165) is 44.1 Å². The summed E-state index contributed by atoms with van der Waals surface area (Å²) in [6.45, 7) is 5.49. The predicted octanol–water partition coefficient (Wildman–Crippen LogP) is 2.22. The maximum absolute atomic E-state index is 5.37. The lowest BCUT2D eigenvalue weighted by Gasteiger charge is -2.28. The molecule has 116 valence electrons. The quantitative estimate of drug-likeness (QED) is 0.694. The van der Waals surface area contributed by atoms with E-state index in [4.69, 9.17) is 17.0 Å². The maximum Gasteiger partial charge on any atom is 0.216 e. The minimum Gasteiger partial charge on any atom is -0.378 e. The number of hydrogen-bond acceptors (Lipinski definition) is 5. The van der Waals surface area contributed by atoms with Crippen LogP contribution < -0.4 is 4.90 Å². The molecule has 1 aliphatic rings. The number of benzene rings is 1. The summed E-state index contributed by atoms with van der Waals surface area (Å²) in [5, 5.41) is 11.3. The Morgan fingerprint density at radius 3 is 2.73 bits per heavy atom. The maximum atomic E-state index is 5.37. The largest absolute Gasteiger partial charge is 0.378 e. The van der Waals surface area contributed by atoms with Gasteiger partial charge >= 0.3 is 0 Å². The number of aryl methyl sites for hydroxylation is 1. The number of anilines is 1. The third kappa shape index (κ3) is 3.26. The zero-order valence-electron chi connectivity index (χ0n) is 12.5. The molecule has 1 aliphatic heterocycles. The number of nitrogens with zero attached hydrogens (tertiary/aromatic N) is 4. The van der Waals surface area contributed by atoms with Crippen molar-refractivity contribution in [1.29, 1.82) is 0 Å². The van der Waals surface area contributed by atoms with Gasteiger partial charge in [-0.05, 0) is 29.9 Å². The van der Waals surface area contributed by atoms with Crippen molar-refractivity contribution in [2.45, 2.75) is 13.3 Å². The van der Waals surface area contributed by atoms with Crippen molar-refractivity contribution < 1.29 is 4.74 Å². The van der Waals surface area contributed by atoms with Gasteiger partial charge in [-0.2, -0.15) is 14.9 Å². The van der Waals surface area contributed by atoms with Crippen LogP contribution in [0.1, 0.15) is 18.3 Å². The molecule has 0 spiro atoms. The SMILES string of the molecule is CCc1n[nH]c(=S)n1N=Cc1ccc(N2CCOCC2)cc1. The first-order chi connectivity index (χ1) is 10.8. The Kier molecular flexibility index (Phi) is 4.65. The van der Waals surface area contributed by atoms with Crippen molar-refractivity contribution in [3.8, 4) is 0 Å². The second-order valence-electron chi connectivity index (χ2n) is 5.05. The van der Waals surface area contributed by atoms with Crippen LogP contribution in [0.4, 0.5) is 5.69 Å². The zero-order chi connectivity index (χ0) is 15.4. The van der Waals surface area contributed by atoms with Crippen molar-refractivity contribution in [1.82, 2.24) is 14.9 Å². The second-order valence-corrected chi connectivity index (χ2v) is 5.43. The zero-order valence-corrected chi connectivity index (χ0v) is 13.3. The molecule has 7 heteroatoms. The monoisotopic (exact) mass is 317 g/mol. The number of H-pyrrole nitrogens is 1. The standard InChI is InChI=1S/C15H19N5OS/c1-2-14-17-18-15(22)20(14)16-11-12-3-5-13(6-4-12)19-7-9-21-10-8-19/h3-6,11H,2,7-10H2,1H3,(H,18,22). The van der Waals surface area contributed by atoms with Gasteiger partial charge in [-0.1, -0.05) is 19.1 Å². The highest BCUT2D eigenvalue weighted by Gasteiger charge is 2.10. The van der Waals surface area contributed by atoms with E-state index in [1.807, 2.05) is 6.92 Å². The number of hydrogen-bond donors (Lipinski definition) is 1. The Morgan fingerprint density at radius 1 is 1.32 bits per heavy atom. The lowest BCUT2D eigenvalue weighted by Crippen LogP contribution is -2.36. The molecule has 22 heavy (non-hydrogen) atoms. The summed E-state index contributed by atoms with van der Waals surface area (Å²) >= 11 is 5.17. The molecule has 0 bridgehead atoms. The molecule has 1 N–H and O–H groups in total. The van der Waals surface area contributed by atoms with Gasteiger partial charge in [0, 0.05) is 25.2 Å². The van der Waals surface area contributed by atoms with Gasteiger partial charge in [0.25, 0.3) is 0 Å². The van der Waals surface area contributed by atoms with E-state index in [1.165, 1.54) is 5.69 Å². The molecular formula is C15H19N5OS. The van der Waals surface area contributed by atoms with Crippen molar-refractivity contribution in [3.63, 3.8) is 0 Å². The molecule has 0 aliphatic carbocycles. The normalized spacial score (nSPS) is 15.6. The molecule has 2 heterocycles. The average Bonchev–Trinajstić information content (AvgIpc) is 2.94. The smallest absolute Gasteiger partial charge is 0.216 e. The van der Waals surface area contributed by atoms with Crippen LogP contribution in [-0.4, -0.2) is 47.4 Å². The van der Waals surface area contributed by atoms with Gasteiger partial charge in [0.1, 0.15) is 0 Å². The molecular weight excluding hydrogens is 298 g/mol. The van der Waals surface area contributed by atoms with Crippen LogP contribution in [0.25, 0.3) is 0 Å². The average molecular weight is 317 g/mol. The minimum atomic E-state index is 0.512. The van der Waals surface area contributed by atoms with Crippen LogP contribution in [-0.2, 0) is 11.2 Å². The Balaban J connectivity index is 1.74. The van der Waals surface area contributed by atoms with E-state index in [0.29, 0.717) is 4.77 Å². The molecule has 0 saturated carbocycles. The van der Waals surface area contributed by atoms with Crippen molar-refractivity contribution in [2.75, 3.05) is 31.2 Å². The van der Waals surface area contributed by atoms with Gasteiger partial charge in [-0.3, -0.25) is 5.10 Å². The summed E-state index contributed by atoms with van der Waals surface area (Å²) in [5.41, 5.74) is 2.25. The second kappa shape index (κ2) is 6.85. The first-order valence-electron chi connectivity index (χ1n) is 7.41. The molecule has 0 unspecified atom stereocenters. The van der Waals surface area contributed by atoms with Crippen molar-refractivity contribution in [3.05, 3.63) is 40.4 Å². The van der Waals surface area contributed by atoms with Gasteiger partial charge in [-0.25, -0.2) is 0 Å². The highest BCUT2D eigenvalue weighted by Crippen LogP contribution is 2.16. The molecule has 0 atom stereocenters. The highest BCUT2D eigenvalue weighted by atomic mass is 32.1. The summed E-state index contributed by atoms with van der Waals surface area (Å²) in [4.78, 5) is 2.33. The fourth-order valence-corrected chi connectivity index (χ4v) is 2.59. The van der Waals surface area contributed by atoms with Crippen LogP contribution in [0.5, 0.6) is 0 Å². The Bertz CT molecular complexity index is 697. The van der Waals surface area contributed by atoms with E-state index in [2.05, 4.69) is 44.5 Å². The van der Waals surface area contributed by atoms with Gasteiger partial charge < -0.3 is 9.64 Å². The summed E-state index contributed by atoms with van der Waals surface area (Å²) < 4.78 is 7.54. The summed E-state index contributed by atoms with van der Waals surface area (Å²) in [5.74, 6) is 0.825. The first-order valence-corrected chi connectivity index (χ1v) is 7.82. The fourth-order valence-electron chi connectivity index (χ4n) is 2.39. The van der Waals surface area contributed by atoms with Gasteiger partial charge in [0.2, 0.25) is 4.77 Å². The molecule has 2 aromatic rings. The van der Waals surface area contributed by atoms with Crippen LogP contribution >= 0.6 is 12.2 Å². The molecule has 1 fully saturated rings. The molecule has 1 aromatic heterocycles. The molecule has 1 aromatic carbocycles. The molecule has 6 nitrogen and oxygen atoms in total. The molecule has 1 saturated heterocycles. The predicted molar refractivity (Wildman–Crippen MR) is 89.3 cm³/mol. The number of morpholine rings is 1. The number of ether oxygens (including phenoxy) is 1. The molecule has 0 amide bonds. The number of rotatable bonds is 4. The van der Waals surface area contributed by atoms with E-state index in [1.54, 1.807) is 10.9 Å². The van der Waals surface area contributed by atoms with Gasteiger partial charge in [-0.15, -0.1) is 0 Å². The van der Waals surface area contributed by atoms with Crippen molar-refractivity contribution in [2.24, 2.45) is 5.10 Å². The third-order valence-electron chi connectivity index (χ3n) is 3.63. The van der Waals surface area contributed by atoms with Gasteiger partial charge in [0.15, 0.2) is 5.82 Å². The Labute approximate surface area is 134 Å². The summed E-state index contributed by atoms with van der Waals surface area (Å²) in [6.07, 6.45) is 2.58. The minimum absolute atomic E-state index is 0.512. The molecule has 0 radical (unpaired) electrons. The number of nitrogens with one attached hydrogen (secondary N) is 1. The van der Waals surface area contributed by atoms with E-state index < -0.39 is 0 Å². The first kappa shape index (κ1) is 14.9. The Hall–Kier alpha value is -1.99. The lowest BCUT2D eigenvalue weighted by molar-refractivity contribution is 0.122. The number of aromatic amines is 1. The number of aromatic nitrogens is 3. The van der Waals surface area contributed by atoms with Crippen LogP contribution in [0.15, 0.2) is 29.4 Å².